The zero-order valence-electron chi connectivity index (χ0n) is 24.5. The summed E-state index contributed by atoms with van der Waals surface area (Å²) in [5.74, 6) is -0.946. The molecule has 3 saturated heterocycles. The summed E-state index contributed by atoms with van der Waals surface area (Å²) in [6.07, 6.45) is 0.558. The second kappa shape index (κ2) is 11.0. The SMILES string of the molecule is C[C@@H]1[C@@H]2OP(=O)(O)OC[C@H]3O[C@@H](n4cnc5c(=O)n6ccnc6[nH]c54)[C@H](C)[C@@H]3OP(=O)(O)OC[C@H]2O[C@H]1n1cnc2c(N)ncnc21. The zero-order chi connectivity index (χ0) is 32.8. The van der Waals surface area contributed by atoms with E-state index in [1.807, 2.05) is 0 Å². The van der Waals surface area contributed by atoms with Crippen LogP contribution in [0.1, 0.15) is 26.3 Å². The van der Waals surface area contributed by atoms with E-state index in [2.05, 4.69) is 29.9 Å². The van der Waals surface area contributed by atoms with Crippen LogP contribution in [0, 0.1) is 11.8 Å². The molecule has 3 aliphatic heterocycles. The predicted octanol–water partition coefficient (Wildman–Crippen LogP) is 0.879. The van der Waals surface area contributed by atoms with Crippen molar-refractivity contribution in [2.45, 2.75) is 50.7 Å². The van der Waals surface area contributed by atoms with E-state index >= 15 is 0 Å². The summed E-state index contributed by atoms with van der Waals surface area (Å²) in [5.41, 5.74) is 6.52. The van der Waals surface area contributed by atoms with Gasteiger partial charge in [-0.05, 0) is 0 Å². The molecule has 3 aliphatic rings. The number of hydrogen-bond acceptors (Lipinski definition) is 15. The highest BCUT2D eigenvalue weighted by Gasteiger charge is 2.52. The molecule has 0 aliphatic carbocycles. The van der Waals surface area contributed by atoms with Crippen LogP contribution in [0.2, 0.25) is 0 Å². The molecule has 0 amide bonds. The molecule has 0 radical (unpaired) electrons. The highest BCUT2D eigenvalue weighted by molar-refractivity contribution is 7.47. The Labute approximate surface area is 262 Å². The molecule has 0 aromatic carbocycles. The molecule has 2 unspecified atom stereocenters. The lowest BCUT2D eigenvalue weighted by molar-refractivity contribution is -0.0661. The first-order valence-corrected chi connectivity index (χ1v) is 17.4. The van der Waals surface area contributed by atoms with Crippen LogP contribution in [-0.2, 0) is 36.7 Å². The van der Waals surface area contributed by atoms with Crippen molar-refractivity contribution in [2.75, 3.05) is 18.9 Å². The van der Waals surface area contributed by atoms with Gasteiger partial charge in [0, 0.05) is 24.2 Å². The standard InChI is InChI=1S/C24H28N10O11P2/c1-10-16-12(42-22(10)33-8-29-14-18(25)27-7-28-19(14)33)5-40-47(38,39)45-17-11(2)23(43-13(17)6-41-46(36,37)44-16)34-9-30-15-20(34)31-24-26-3-4-32(24)21(15)35/h3-4,7-13,16-17,22-23H,5-6H2,1-2H3,(H,26,31)(H,36,37)(H,38,39)(H2,25,27,28)/t10-,11-,12-,13-,16+,17+,22-,23-/m1/s1. The van der Waals surface area contributed by atoms with Gasteiger partial charge in [0.15, 0.2) is 17.0 Å². The number of hydrogen-bond donors (Lipinski definition) is 4. The first-order valence-electron chi connectivity index (χ1n) is 14.4. The van der Waals surface area contributed by atoms with Gasteiger partial charge in [0.25, 0.3) is 5.56 Å². The lowest BCUT2D eigenvalue weighted by atomic mass is 10.0. The zero-order valence-corrected chi connectivity index (χ0v) is 26.3. The Morgan fingerprint density at radius 1 is 0.872 bits per heavy atom. The summed E-state index contributed by atoms with van der Waals surface area (Å²) < 4.78 is 65.3. The molecular weight excluding hydrogens is 666 g/mol. The van der Waals surface area contributed by atoms with E-state index in [0.717, 1.165) is 0 Å². The number of imidazole rings is 3. The van der Waals surface area contributed by atoms with E-state index in [1.165, 1.54) is 40.3 Å². The minimum atomic E-state index is -4.81. The Balaban J connectivity index is 1.08. The van der Waals surface area contributed by atoms with Crippen molar-refractivity contribution >= 4 is 49.6 Å². The number of nitrogens with zero attached hydrogens (tertiary/aromatic N) is 8. The van der Waals surface area contributed by atoms with Gasteiger partial charge in [0.1, 0.15) is 54.4 Å². The van der Waals surface area contributed by atoms with Gasteiger partial charge in [-0.15, -0.1) is 0 Å². The number of ether oxygens (including phenoxy) is 2. The van der Waals surface area contributed by atoms with Crippen LogP contribution in [0.15, 0.2) is 36.2 Å². The Kier molecular flexibility index (Phi) is 7.16. The van der Waals surface area contributed by atoms with Gasteiger partial charge in [-0.25, -0.2) is 38.5 Å². The van der Waals surface area contributed by atoms with Crippen molar-refractivity contribution in [1.82, 2.24) is 43.4 Å². The maximum Gasteiger partial charge on any atom is 0.472 e. The lowest BCUT2D eigenvalue weighted by Crippen LogP contribution is -2.35. The average molecular weight is 694 g/mol. The number of phosphoric acid groups is 2. The molecule has 5 N–H and O–H groups in total. The van der Waals surface area contributed by atoms with Crippen LogP contribution in [0.4, 0.5) is 5.82 Å². The minimum Gasteiger partial charge on any atom is -0.382 e. The summed E-state index contributed by atoms with van der Waals surface area (Å²) in [7, 11) is -9.61. The van der Waals surface area contributed by atoms with E-state index < -0.39 is 83.1 Å². The predicted molar refractivity (Wildman–Crippen MR) is 156 cm³/mol. The normalized spacial score (nSPS) is 36.8. The summed E-state index contributed by atoms with van der Waals surface area (Å²) in [4.78, 5) is 58.4. The molecule has 47 heavy (non-hydrogen) atoms. The second-order valence-electron chi connectivity index (χ2n) is 11.5. The highest BCUT2D eigenvalue weighted by Crippen LogP contribution is 2.55. The van der Waals surface area contributed by atoms with E-state index in [9.17, 15) is 23.7 Å². The van der Waals surface area contributed by atoms with Crippen LogP contribution in [0.25, 0.3) is 28.1 Å². The average Bonchev–Trinajstić information content (AvgIpc) is 3.84. The molecule has 250 valence electrons. The monoisotopic (exact) mass is 694 g/mol. The van der Waals surface area contributed by atoms with Crippen molar-refractivity contribution < 1.29 is 46.5 Å². The van der Waals surface area contributed by atoms with Crippen molar-refractivity contribution in [2.24, 2.45) is 11.8 Å². The van der Waals surface area contributed by atoms with Crippen LogP contribution in [-0.4, -0.2) is 90.9 Å². The third-order valence-corrected chi connectivity index (χ3v) is 10.6. The maximum absolute atomic E-state index is 13.3. The number of aromatic nitrogens is 9. The molecule has 10 atom stereocenters. The molecule has 21 nitrogen and oxygen atoms in total. The first-order chi connectivity index (χ1) is 22.4. The van der Waals surface area contributed by atoms with Gasteiger partial charge in [0.2, 0.25) is 5.78 Å². The van der Waals surface area contributed by atoms with Gasteiger partial charge in [-0.1, -0.05) is 13.8 Å². The fourth-order valence-corrected chi connectivity index (χ4v) is 8.43. The Bertz CT molecular complexity index is 2170. The number of H-pyrrole nitrogens is 1. The van der Waals surface area contributed by atoms with Crippen LogP contribution in [0.5, 0.6) is 0 Å². The molecule has 3 fully saturated rings. The smallest absolute Gasteiger partial charge is 0.382 e. The molecule has 8 heterocycles. The van der Waals surface area contributed by atoms with Crippen molar-refractivity contribution in [3.05, 3.63) is 41.7 Å². The maximum atomic E-state index is 13.3. The number of phosphoric ester groups is 2. The summed E-state index contributed by atoms with van der Waals surface area (Å²) in [5, 5.41) is 0. The second-order valence-corrected chi connectivity index (χ2v) is 14.3. The summed E-state index contributed by atoms with van der Waals surface area (Å²) in [6.45, 7) is 2.21. The molecule has 23 heteroatoms. The summed E-state index contributed by atoms with van der Waals surface area (Å²) in [6, 6.07) is 0. The van der Waals surface area contributed by atoms with E-state index in [0.29, 0.717) is 11.2 Å². The number of aromatic amines is 1. The number of nitrogens with two attached hydrogens (primary N) is 1. The Morgan fingerprint density at radius 2 is 1.47 bits per heavy atom. The third-order valence-electron chi connectivity index (χ3n) is 8.63. The van der Waals surface area contributed by atoms with Gasteiger partial charge < -0.3 is 30.0 Å². The van der Waals surface area contributed by atoms with Crippen LogP contribution >= 0.6 is 15.6 Å². The van der Waals surface area contributed by atoms with E-state index in [4.69, 9.17) is 33.3 Å². The minimum absolute atomic E-state index is 0.0948. The van der Waals surface area contributed by atoms with Gasteiger partial charge in [0.05, 0.1) is 25.9 Å². The molecule has 5 aromatic heterocycles. The fraction of sp³-hybridized carbons (Fsp3) is 0.500. The number of nitrogen functional groups attached to an aromatic ring is 1. The third kappa shape index (κ3) is 5.10. The van der Waals surface area contributed by atoms with Gasteiger partial charge in [-0.2, -0.15) is 0 Å². The molecule has 8 rings (SSSR count). The van der Waals surface area contributed by atoms with Gasteiger partial charge in [-0.3, -0.25) is 32.0 Å². The number of fused-ring (bicyclic) bond motifs is 5. The molecule has 0 saturated carbocycles. The lowest BCUT2D eigenvalue weighted by Gasteiger charge is -2.28. The largest absolute Gasteiger partial charge is 0.472 e. The van der Waals surface area contributed by atoms with Crippen molar-refractivity contribution in [3.63, 3.8) is 0 Å². The first kappa shape index (κ1) is 30.7. The molecule has 0 spiro atoms. The summed E-state index contributed by atoms with van der Waals surface area (Å²) >= 11 is 0. The number of nitrogens with one attached hydrogen (secondary N) is 1. The highest BCUT2D eigenvalue weighted by atomic mass is 31.2. The Hall–Kier alpha value is -3.62. The van der Waals surface area contributed by atoms with Crippen LogP contribution < -0.4 is 11.3 Å². The number of rotatable bonds is 2. The molecule has 5 aromatic rings. The molecular formula is C24H28N10O11P2. The van der Waals surface area contributed by atoms with Crippen molar-refractivity contribution in [1.29, 1.82) is 0 Å². The topological polar surface area (TPSA) is 268 Å². The van der Waals surface area contributed by atoms with Crippen LogP contribution in [0.3, 0.4) is 0 Å². The fourth-order valence-electron chi connectivity index (χ4n) is 6.37. The van der Waals surface area contributed by atoms with Gasteiger partial charge >= 0.3 is 15.6 Å². The number of anilines is 1. The van der Waals surface area contributed by atoms with E-state index in [-0.39, 0.29) is 22.8 Å². The van der Waals surface area contributed by atoms with Crippen molar-refractivity contribution in [3.8, 4) is 0 Å². The molecule has 0 bridgehead atoms. The Morgan fingerprint density at radius 3 is 2.13 bits per heavy atom. The quantitative estimate of drug-likeness (QED) is 0.187. The van der Waals surface area contributed by atoms with E-state index in [1.54, 1.807) is 18.4 Å².